The first-order chi connectivity index (χ1) is 15.0. The lowest BCUT2D eigenvalue weighted by Crippen LogP contribution is -2.48. The van der Waals surface area contributed by atoms with Crippen LogP contribution in [0.2, 0.25) is 0 Å². The van der Waals surface area contributed by atoms with Gasteiger partial charge in [0, 0.05) is 25.2 Å². The minimum Gasteiger partial charge on any atom is -0.494 e. The summed E-state index contributed by atoms with van der Waals surface area (Å²) in [4.78, 5) is 36.9. The Hall–Kier alpha value is -3.56. The lowest BCUT2D eigenvalue weighted by Gasteiger charge is -2.34. The van der Waals surface area contributed by atoms with E-state index >= 15 is 0 Å². The van der Waals surface area contributed by atoms with Crippen LogP contribution in [-0.2, 0) is 14.8 Å². The number of morpholine rings is 1. The largest absolute Gasteiger partial charge is 0.494 e. The second kappa shape index (κ2) is 8.89. The molecular weight excluding hydrogens is 448 g/mol. The van der Waals surface area contributed by atoms with Gasteiger partial charge in [-0.25, -0.2) is 13.2 Å². The van der Waals surface area contributed by atoms with E-state index in [2.05, 4.69) is 10.5 Å². The number of nitro groups is 1. The molecule has 1 aliphatic rings. The SMILES string of the molecule is C[C@H]1CN(S(=O)(=O)c2cc([N+](=O)[O-])ccc2NN=Cc2c(O)[nH]c(=O)[nH]c2=O)C[C@H](C)O1. The Morgan fingerprint density at radius 2 is 1.94 bits per heavy atom. The summed E-state index contributed by atoms with van der Waals surface area (Å²) < 4.78 is 33.3. The molecule has 0 bridgehead atoms. The van der Waals surface area contributed by atoms with E-state index in [9.17, 15) is 33.2 Å². The fourth-order valence-electron chi connectivity index (χ4n) is 3.17. The van der Waals surface area contributed by atoms with Gasteiger partial charge >= 0.3 is 5.69 Å². The van der Waals surface area contributed by atoms with Gasteiger partial charge in [0.1, 0.15) is 10.5 Å². The molecule has 2 atom stereocenters. The van der Waals surface area contributed by atoms with Crippen molar-refractivity contribution in [3.8, 4) is 5.88 Å². The highest BCUT2D eigenvalue weighted by Crippen LogP contribution is 2.30. The van der Waals surface area contributed by atoms with E-state index in [0.717, 1.165) is 28.7 Å². The number of rotatable bonds is 6. The Balaban J connectivity index is 1.99. The van der Waals surface area contributed by atoms with Crippen LogP contribution in [-0.4, -0.2) is 64.2 Å². The molecule has 0 amide bonds. The molecule has 1 aromatic carbocycles. The molecule has 0 radical (unpaired) electrons. The molecule has 0 spiro atoms. The third-order valence-electron chi connectivity index (χ3n) is 4.52. The first-order valence-electron chi connectivity index (χ1n) is 9.27. The number of anilines is 1. The highest BCUT2D eigenvalue weighted by Gasteiger charge is 2.34. The van der Waals surface area contributed by atoms with Crippen molar-refractivity contribution in [1.82, 2.24) is 14.3 Å². The van der Waals surface area contributed by atoms with Crippen LogP contribution >= 0.6 is 0 Å². The Morgan fingerprint density at radius 1 is 1.28 bits per heavy atom. The highest BCUT2D eigenvalue weighted by molar-refractivity contribution is 7.89. The van der Waals surface area contributed by atoms with Crippen molar-refractivity contribution >= 4 is 27.6 Å². The van der Waals surface area contributed by atoms with Crippen LogP contribution in [0.25, 0.3) is 0 Å². The monoisotopic (exact) mass is 468 g/mol. The van der Waals surface area contributed by atoms with Gasteiger partial charge in [0.05, 0.1) is 29.0 Å². The molecule has 4 N–H and O–H groups in total. The van der Waals surface area contributed by atoms with Gasteiger partial charge < -0.3 is 9.84 Å². The van der Waals surface area contributed by atoms with Crippen LogP contribution in [0.3, 0.4) is 0 Å². The van der Waals surface area contributed by atoms with Crippen molar-refractivity contribution in [2.24, 2.45) is 5.10 Å². The summed E-state index contributed by atoms with van der Waals surface area (Å²) in [5.41, 5.74) is -0.359. The molecular formula is C17H20N6O8S. The average Bonchev–Trinajstić information content (AvgIpc) is 2.69. The van der Waals surface area contributed by atoms with E-state index in [4.69, 9.17) is 4.74 Å². The van der Waals surface area contributed by atoms with Gasteiger partial charge in [-0.2, -0.15) is 9.41 Å². The van der Waals surface area contributed by atoms with Crippen LogP contribution in [0.4, 0.5) is 11.4 Å². The van der Waals surface area contributed by atoms with Crippen molar-refractivity contribution in [3.63, 3.8) is 0 Å². The van der Waals surface area contributed by atoms with Crippen molar-refractivity contribution < 1.29 is 23.2 Å². The predicted molar refractivity (Wildman–Crippen MR) is 112 cm³/mol. The number of sulfonamides is 1. The van der Waals surface area contributed by atoms with Crippen molar-refractivity contribution in [3.05, 3.63) is 54.7 Å². The van der Waals surface area contributed by atoms with E-state index in [1.54, 1.807) is 13.8 Å². The van der Waals surface area contributed by atoms with Crippen LogP contribution in [0, 0.1) is 10.1 Å². The number of nitrogens with one attached hydrogen (secondary N) is 3. The van der Waals surface area contributed by atoms with Gasteiger partial charge in [-0.1, -0.05) is 0 Å². The zero-order valence-corrected chi connectivity index (χ0v) is 17.7. The molecule has 0 unspecified atom stereocenters. The molecule has 3 rings (SSSR count). The summed E-state index contributed by atoms with van der Waals surface area (Å²) in [6.07, 6.45) is 0.106. The van der Waals surface area contributed by atoms with Crippen LogP contribution in [0.5, 0.6) is 5.88 Å². The smallest absolute Gasteiger partial charge is 0.328 e. The maximum atomic E-state index is 13.3. The summed E-state index contributed by atoms with van der Waals surface area (Å²) >= 11 is 0. The van der Waals surface area contributed by atoms with E-state index < -0.39 is 42.7 Å². The minimum atomic E-state index is -4.18. The van der Waals surface area contributed by atoms with Crippen molar-refractivity contribution in [1.29, 1.82) is 0 Å². The second-order valence-electron chi connectivity index (χ2n) is 7.06. The molecule has 2 heterocycles. The van der Waals surface area contributed by atoms with Gasteiger partial charge in [0.25, 0.3) is 11.2 Å². The van der Waals surface area contributed by atoms with Crippen LogP contribution in [0.15, 0.2) is 37.8 Å². The third kappa shape index (κ3) is 4.84. The normalized spacial score (nSPS) is 19.8. The van der Waals surface area contributed by atoms with E-state index in [0.29, 0.717) is 0 Å². The number of hydrogen-bond donors (Lipinski definition) is 4. The Kier molecular flexibility index (Phi) is 6.42. The van der Waals surface area contributed by atoms with Gasteiger partial charge in [-0.15, -0.1) is 0 Å². The number of aromatic amines is 2. The van der Waals surface area contributed by atoms with Crippen LogP contribution in [0.1, 0.15) is 19.4 Å². The predicted octanol–water partition coefficient (Wildman–Crippen LogP) is -0.0791. The number of aromatic hydroxyl groups is 1. The third-order valence-corrected chi connectivity index (χ3v) is 6.39. The maximum Gasteiger partial charge on any atom is 0.328 e. The number of nitrogens with zero attached hydrogens (tertiary/aromatic N) is 3. The first kappa shape index (κ1) is 23.1. The average molecular weight is 468 g/mol. The summed E-state index contributed by atoms with van der Waals surface area (Å²) in [6.45, 7) is 3.53. The summed E-state index contributed by atoms with van der Waals surface area (Å²) in [5, 5.41) is 24.6. The topological polar surface area (TPSA) is 200 Å². The molecule has 14 nitrogen and oxygen atoms in total. The van der Waals surface area contributed by atoms with Gasteiger partial charge in [0.15, 0.2) is 0 Å². The molecule has 0 saturated carbocycles. The summed E-state index contributed by atoms with van der Waals surface area (Å²) in [5.74, 6) is -0.739. The molecule has 1 aliphatic heterocycles. The zero-order chi connectivity index (χ0) is 23.6. The Bertz CT molecular complexity index is 1270. The minimum absolute atomic E-state index is 0.0543. The summed E-state index contributed by atoms with van der Waals surface area (Å²) in [6, 6.07) is 3.15. The van der Waals surface area contributed by atoms with Gasteiger partial charge in [-0.3, -0.25) is 30.3 Å². The highest BCUT2D eigenvalue weighted by atomic mass is 32.2. The second-order valence-corrected chi connectivity index (χ2v) is 8.96. The zero-order valence-electron chi connectivity index (χ0n) is 16.9. The van der Waals surface area contributed by atoms with Crippen LogP contribution < -0.4 is 16.7 Å². The number of aromatic nitrogens is 2. The van der Waals surface area contributed by atoms with Crippen molar-refractivity contribution in [2.45, 2.75) is 31.0 Å². The Labute approximate surface area is 180 Å². The number of non-ortho nitro benzene ring substituents is 1. The molecule has 1 saturated heterocycles. The molecule has 0 aliphatic carbocycles. The molecule has 1 fully saturated rings. The molecule has 172 valence electrons. The van der Waals surface area contributed by atoms with E-state index in [-0.39, 0.29) is 36.5 Å². The molecule has 32 heavy (non-hydrogen) atoms. The number of benzene rings is 1. The molecule has 1 aromatic heterocycles. The lowest BCUT2D eigenvalue weighted by atomic mass is 10.3. The van der Waals surface area contributed by atoms with E-state index in [1.807, 2.05) is 9.97 Å². The number of nitro benzene ring substituents is 1. The van der Waals surface area contributed by atoms with Crippen molar-refractivity contribution in [2.75, 3.05) is 18.5 Å². The fraction of sp³-hybridized carbons (Fsp3) is 0.353. The summed E-state index contributed by atoms with van der Waals surface area (Å²) in [7, 11) is -4.18. The standard InChI is InChI=1S/C17H20N6O8S/c1-9-7-22(8-10(2)31-9)32(29,30)14-5-11(23(27)28)3-4-13(14)21-18-6-12-15(24)19-17(26)20-16(12)25/h3-6,9-10,21H,7-8H2,1-2H3,(H3,19,20,24,25,26)/t9-,10-/m0/s1. The number of hydrogen-bond acceptors (Lipinski definition) is 10. The number of H-pyrrole nitrogens is 2. The maximum absolute atomic E-state index is 13.3. The number of hydrazone groups is 1. The van der Waals surface area contributed by atoms with Gasteiger partial charge in [-0.05, 0) is 19.9 Å². The fourth-order valence-corrected chi connectivity index (χ4v) is 4.92. The van der Waals surface area contributed by atoms with E-state index in [1.165, 1.54) is 0 Å². The molecule has 15 heteroatoms. The lowest BCUT2D eigenvalue weighted by molar-refractivity contribution is -0.385. The van der Waals surface area contributed by atoms with Gasteiger partial charge in [0.2, 0.25) is 15.9 Å². The first-order valence-corrected chi connectivity index (χ1v) is 10.7. The number of ether oxygens (including phenoxy) is 1. The Morgan fingerprint density at radius 3 is 2.53 bits per heavy atom. The molecule has 2 aromatic rings. The quantitative estimate of drug-likeness (QED) is 0.254.